The molecule has 0 radical (unpaired) electrons. The van der Waals surface area contributed by atoms with Gasteiger partial charge in [0.15, 0.2) is 11.6 Å². The van der Waals surface area contributed by atoms with Crippen LogP contribution < -0.4 is 5.32 Å². The molecule has 1 N–H and O–H groups in total. The van der Waals surface area contributed by atoms with Crippen molar-refractivity contribution in [3.8, 4) is 0 Å². The number of Topliss-reactive ketones (excluding diaryl/α,β-unsaturated/α-hetero) is 1. The SMILES string of the molecule is Cn1ccc(Nc2ccc(C3=NOC(CCC(=O)c4ccc(Cl)s4)C3)cc2)n1. The second-order valence-corrected chi connectivity index (χ2v) is 8.33. The Labute approximate surface area is 171 Å². The fourth-order valence-electron chi connectivity index (χ4n) is 3.01. The summed E-state index contributed by atoms with van der Waals surface area (Å²) in [6.45, 7) is 0. The molecule has 3 heterocycles. The van der Waals surface area contributed by atoms with E-state index in [1.54, 1.807) is 16.8 Å². The second-order valence-electron chi connectivity index (χ2n) is 6.61. The molecule has 0 aliphatic carbocycles. The number of benzene rings is 1. The van der Waals surface area contributed by atoms with Crippen molar-refractivity contribution in [3.63, 3.8) is 0 Å². The number of nitrogens with one attached hydrogen (secondary N) is 1. The predicted octanol–water partition coefficient (Wildman–Crippen LogP) is 5.03. The van der Waals surface area contributed by atoms with E-state index in [1.165, 1.54) is 11.3 Å². The van der Waals surface area contributed by atoms with Crippen LogP contribution in [0.1, 0.15) is 34.5 Å². The van der Waals surface area contributed by atoms with E-state index >= 15 is 0 Å². The number of ketones is 1. The molecule has 1 unspecified atom stereocenters. The Bertz CT molecular complexity index is 1010. The van der Waals surface area contributed by atoms with Crippen LogP contribution >= 0.6 is 22.9 Å². The molecule has 2 aromatic heterocycles. The number of thiophene rings is 1. The molecule has 0 bridgehead atoms. The Hall–Kier alpha value is -2.64. The van der Waals surface area contributed by atoms with Gasteiger partial charge in [-0.3, -0.25) is 9.48 Å². The molecule has 4 rings (SSSR count). The minimum absolute atomic E-state index is 0.0688. The number of carbonyl (C=O) groups excluding carboxylic acids is 1. The minimum atomic E-state index is -0.0688. The largest absolute Gasteiger partial charge is 0.392 e. The number of hydrogen-bond donors (Lipinski definition) is 1. The smallest absolute Gasteiger partial charge is 0.172 e. The van der Waals surface area contributed by atoms with E-state index in [0.29, 0.717) is 28.5 Å². The Morgan fingerprint density at radius 3 is 2.79 bits per heavy atom. The van der Waals surface area contributed by atoms with Crippen molar-refractivity contribution in [1.82, 2.24) is 9.78 Å². The van der Waals surface area contributed by atoms with Gasteiger partial charge in [0.05, 0.1) is 14.9 Å². The first-order valence-electron chi connectivity index (χ1n) is 8.95. The number of hydrogen-bond acceptors (Lipinski definition) is 6. The van der Waals surface area contributed by atoms with E-state index in [4.69, 9.17) is 16.4 Å². The average Bonchev–Trinajstić information content (AvgIpc) is 3.42. The second kappa shape index (κ2) is 8.16. The van der Waals surface area contributed by atoms with Gasteiger partial charge in [-0.05, 0) is 36.2 Å². The van der Waals surface area contributed by atoms with Gasteiger partial charge in [-0.25, -0.2) is 0 Å². The summed E-state index contributed by atoms with van der Waals surface area (Å²) in [6, 6.07) is 13.4. The molecule has 1 atom stereocenters. The zero-order valence-electron chi connectivity index (χ0n) is 15.3. The van der Waals surface area contributed by atoms with Crippen molar-refractivity contribution in [2.75, 3.05) is 5.32 Å². The van der Waals surface area contributed by atoms with Crippen LogP contribution in [0.4, 0.5) is 11.5 Å². The van der Waals surface area contributed by atoms with Crippen LogP contribution in [0.2, 0.25) is 4.34 Å². The number of carbonyl (C=O) groups is 1. The van der Waals surface area contributed by atoms with E-state index in [2.05, 4.69) is 15.6 Å². The lowest BCUT2D eigenvalue weighted by Crippen LogP contribution is -2.11. The lowest BCUT2D eigenvalue weighted by Gasteiger charge is -2.07. The molecule has 0 saturated carbocycles. The van der Waals surface area contributed by atoms with Crippen LogP contribution in [0.15, 0.2) is 53.8 Å². The number of aryl methyl sites for hydroxylation is 1. The van der Waals surface area contributed by atoms with Crippen LogP contribution in [0.5, 0.6) is 0 Å². The molecule has 0 saturated heterocycles. The third-order valence-corrected chi connectivity index (χ3v) is 5.75. The third kappa shape index (κ3) is 4.43. The highest BCUT2D eigenvalue weighted by molar-refractivity contribution is 7.18. The minimum Gasteiger partial charge on any atom is -0.392 e. The molecule has 28 heavy (non-hydrogen) atoms. The van der Waals surface area contributed by atoms with E-state index in [-0.39, 0.29) is 11.9 Å². The molecule has 0 spiro atoms. The lowest BCUT2D eigenvalue weighted by molar-refractivity contribution is 0.0720. The van der Waals surface area contributed by atoms with Gasteiger partial charge in [0, 0.05) is 37.8 Å². The van der Waals surface area contributed by atoms with E-state index < -0.39 is 0 Å². The highest BCUT2D eigenvalue weighted by atomic mass is 35.5. The zero-order valence-corrected chi connectivity index (χ0v) is 16.8. The summed E-state index contributed by atoms with van der Waals surface area (Å²) < 4.78 is 2.38. The number of oxime groups is 1. The summed E-state index contributed by atoms with van der Waals surface area (Å²) in [5.74, 6) is 0.896. The van der Waals surface area contributed by atoms with Crippen molar-refractivity contribution in [2.24, 2.45) is 12.2 Å². The van der Waals surface area contributed by atoms with E-state index in [9.17, 15) is 4.79 Å². The maximum Gasteiger partial charge on any atom is 0.172 e. The van der Waals surface area contributed by atoms with Gasteiger partial charge in [-0.1, -0.05) is 28.9 Å². The molecular weight excluding hydrogens is 396 g/mol. The fourth-order valence-corrected chi connectivity index (χ4v) is 4.02. The number of anilines is 2. The van der Waals surface area contributed by atoms with Gasteiger partial charge < -0.3 is 10.2 Å². The predicted molar refractivity (Wildman–Crippen MR) is 112 cm³/mol. The van der Waals surface area contributed by atoms with Crippen molar-refractivity contribution in [2.45, 2.75) is 25.4 Å². The van der Waals surface area contributed by atoms with Gasteiger partial charge in [0.2, 0.25) is 0 Å². The van der Waals surface area contributed by atoms with Crippen LogP contribution in [0.3, 0.4) is 0 Å². The van der Waals surface area contributed by atoms with Crippen LogP contribution in [0, 0.1) is 0 Å². The first kappa shape index (κ1) is 18.7. The Morgan fingerprint density at radius 1 is 1.29 bits per heavy atom. The third-order valence-electron chi connectivity index (χ3n) is 4.48. The quantitative estimate of drug-likeness (QED) is 0.550. The van der Waals surface area contributed by atoms with Crippen molar-refractivity contribution in [3.05, 3.63) is 63.4 Å². The lowest BCUT2D eigenvalue weighted by atomic mass is 10.0. The maximum atomic E-state index is 12.2. The van der Waals surface area contributed by atoms with Crippen LogP contribution in [-0.2, 0) is 11.9 Å². The van der Waals surface area contributed by atoms with Crippen LogP contribution in [-0.4, -0.2) is 27.4 Å². The first-order chi connectivity index (χ1) is 13.6. The van der Waals surface area contributed by atoms with Gasteiger partial charge in [0.1, 0.15) is 6.10 Å². The first-order valence-corrected chi connectivity index (χ1v) is 10.1. The molecule has 144 valence electrons. The van der Waals surface area contributed by atoms with Crippen molar-refractivity contribution in [1.29, 1.82) is 0 Å². The number of aromatic nitrogens is 2. The Kier molecular flexibility index (Phi) is 5.45. The van der Waals surface area contributed by atoms with Gasteiger partial charge >= 0.3 is 0 Å². The zero-order chi connectivity index (χ0) is 19.5. The highest BCUT2D eigenvalue weighted by Crippen LogP contribution is 2.26. The standard InChI is InChI=1S/C20H19ClN4O2S/c1-25-11-10-20(23-25)22-14-4-2-13(3-5-14)16-12-15(27-24-16)6-7-17(26)18-8-9-19(21)28-18/h2-5,8-11,15H,6-7,12H2,1H3,(H,22,23). The molecule has 0 fully saturated rings. The molecular formula is C20H19ClN4O2S. The van der Waals surface area contributed by atoms with Crippen LogP contribution in [0.25, 0.3) is 0 Å². The number of nitrogens with zero attached hydrogens (tertiary/aromatic N) is 3. The average molecular weight is 415 g/mol. The van der Waals surface area contributed by atoms with E-state index in [1.807, 2.05) is 43.6 Å². The summed E-state index contributed by atoms with van der Waals surface area (Å²) in [7, 11) is 1.88. The number of halogens is 1. The monoisotopic (exact) mass is 414 g/mol. The summed E-state index contributed by atoms with van der Waals surface area (Å²) in [6.07, 6.45) is 3.59. The summed E-state index contributed by atoms with van der Waals surface area (Å²) in [5.41, 5.74) is 2.88. The highest BCUT2D eigenvalue weighted by Gasteiger charge is 2.23. The van der Waals surface area contributed by atoms with Crippen molar-refractivity contribution >= 4 is 45.9 Å². The number of rotatable bonds is 7. The summed E-state index contributed by atoms with van der Waals surface area (Å²) >= 11 is 7.20. The normalized spacial score (nSPS) is 15.9. The maximum absolute atomic E-state index is 12.2. The summed E-state index contributed by atoms with van der Waals surface area (Å²) in [5, 5.41) is 11.8. The molecule has 6 nitrogen and oxygen atoms in total. The Balaban J connectivity index is 1.29. The van der Waals surface area contributed by atoms with Gasteiger partial charge in [-0.15, -0.1) is 11.3 Å². The molecule has 8 heteroatoms. The van der Waals surface area contributed by atoms with Crippen molar-refractivity contribution < 1.29 is 9.63 Å². The topological polar surface area (TPSA) is 68.5 Å². The summed E-state index contributed by atoms with van der Waals surface area (Å²) in [4.78, 5) is 18.4. The van der Waals surface area contributed by atoms with Gasteiger partial charge in [0.25, 0.3) is 0 Å². The molecule has 1 aliphatic heterocycles. The molecule has 1 aromatic carbocycles. The van der Waals surface area contributed by atoms with E-state index in [0.717, 1.165) is 22.8 Å². The molecule has 0 amide bonds. The fraction of sp³-hybridized carbons (Fsp3) is 0.250. The molecule has 1 aliphatic rings. The Morgan fingerprint density at radius 2 is 2.11 bits per heavy atom. The molecule has 3 aromatic rings. The van der Waals surface area contributed by atoms with Gasteiger partial charge in [-0.2, -0.15) is 5.10 Å².